The first-order chi connectivity index (χ1) is 17.3. The number of ether oxygens (including phenoxy) is 2. The van der Waals surface area contributed by atoms with E-state index < -0.39 is 0 Å². The number of rotatable bonds is 10. The summed E-state index contributed by atoms with van der Waals surface area (Å²) in [6, 6.07) is 0.719. The Morgan fingerprint density at radius 2 is 1.37 bits per heavy atom. The Labute approximate surface area is 215 Å². The summed E-state index contributed by atoms with van der Waals surface area (Å²) in [5, 5.41) is 0. The van der Waals surface area contributed by atoms with E-state index in [1.807, 2.05) is 0 Å². The van der Waals surface area contributed by atoms with Gasteiger partial charge in [-0.05, 0) is 101 Å². The van der Waals surface area contributed by atoms with Crippen LogP contribution in [0.15, 0.2) is 0 Å². The van der Waals surface area contributed by atoms with E-state index in [2.05, 4.69) is 4.90 Å². The van der Waals surface area contributed by atoms with Gasteiger partial charge in [0.25, 0.3) is 0 Å². The van der Waals surface area contributed by atoms with E-state index in [4.69, 9.17) is 9.47 Å². The smallest absolute Gasteiger partial charge is 0.120 e. The number of likely N-dealkylation sites (tertiary alicyclic amines) is 1. The Hall–Kier alpha value is -0.450. The largest absolute Gasteiger partial charge is 0.378 e. The van der Waals surface area contributed by atoms with Gasteiger partial charge in [0.1, 0.15) is 6.29 Å². The number of carbonyl (C=O) groups excluding carboxylic acids is 1. The summed E-state index contributed by atoms with van der Waals surface area (Å²) in [5.41, 5.74) is 0. The van der Waals surface area contributed by atoms with Gasteiger partial charge in [0.15, 0.2) is 0 Å². The van der Waals surface area contributed by atoms with E-state index in [0.717, 1.165) is 56.3 Å². The number of aldehydes is 1. The summed E-state index contributed by atoms with van der Waals surface area (Å²) < 4.78 is 12.7. The summed E-state index contributed by atoms with van der Waals surface area (Å²) in [7, 11) is 0. The fourth-order valence-electron chi connectivity index (χ4n) is 8.73. The van der Waals surface area contributed by atoms with Crippen LogP contribution in [0.5, 0.6) is 0 Å². The van der Waals surface area contributed by atoms with Gasteiger partial charge in [-0.3, -0.25) is 4.90 Å². The van der Waals surface area contributed by atoms with Crippen LogP contribution in [0.1, 0.15) is 122 Å². The molecule has 1 heterocycles. The molecular formula is C31H53NO3. The van der Waals surface area contributed by atoms with Crippen molar-refractivity contribution in [3.05, 3.63) is 0 Å². The molecule has 4 nitrogen and oxygen atoms in total. The number of carbonyl (C=O) groups is 1. The molecule has 0 N–H and O–H groups in total. The van der Waals surface area contributed by atoms with Crippen molar-refractivity contribution in [2.24, 2.45) is 23.7 Å². The van der Waals surface area contributed by atoms with Gasteiger partial charge in [0.05, 0.1) is 18.3 Å². The minimum Gasteiger partial charge on any atom is -0.378 e. The zero-order valence-electron chi connectivity index (χ0n) is 22.4. The van der Waals surface area contributed by atoms with Gasteiger partial charge in [0, 0.05) is 32.2 Å². The first-order valence-corrected chi connectivity index (χ1v) is 15.7. The molecule has 4 aliphatic carbocycles. The summed E-state index contributed by atoms with van der Waals surface area (Å²) in [4.78, 5) is 14.3. The number of fused-ring (bicyclic) bond motifs is 1. The van der Waals surface area contributed by atoms with Crippen molar-refractivity contribution in [2.75, 3.05) is 19.7 Å². The van der Waals surface area contributed by atoms with Crippen LogP contribution in [0.25, 0.3) is 0 Å². The predicted molar refractivity (Wildman–Crippen MR) is 142 cm³/mol. The molecule has 5 fully saturated rings. The second-order valence-corrected chi connectivity index (χ2v) is 12.9. The Morgan fingerprint density at radius 3 is 2.09 bits per heavy atom. The maximum atomic E-state index is 11.5. The van der Waals surface area contributed by atoms with E-state index in [1.54, 1.807) is 0 Å². The molecule has 35 heavy (non-hydrogen) atoms. The average molecular weight is 488 g/mol. The van der Waals surface area contributed by atoms with Crippen LogP contribution in [0, 0.1) is 23.7 Å². The number of hydrogen-bond acceptors (Lipinski definition) is 4. The lowest BCUT2D eigenvalue weighted by Gasteiger charge is -2.42. The molecule has 5 aliphatic rings. The highest BCUT2D eigenvalue weighted by molar-refractivity contribution is 5.50. The minimum atomic E-state index is 0.525. The first-order valence-electron chi connectivity index (χ1n) is 15.7. The molecular weight excluding hydrogens is 434 g/mol. The van der Waals surface area contributed by atoms with Crippen molar-refractivity contribution >= 4 is 6.29 Å². The van der Waals surface area contributed by atoms with Crippen LogP contribution in [0.2, 0.25) is 0 Å². The van der Waals surface area contributed by atoms with Gasteiger partial charge in [-0.15, -0.1) is 0 Å². The van der Waals surface area contributed by atoms with Crippen LogP contribution < -0.4 is 0 Å². The molecule has 0 spiro atoms. The standard InChI is InChI=1S/C31H53NO3/c33-20-18-26-23-32(19-7-21-34-27-8-3-1-4-9-27)31-17-14-25(22-30(26)31)24-12-15-29(16-13-24)35-28-10-5-2-6-11-28/h20,24-31H,1-19,21-23H2. The van der Waals surface area contributed by atoms with Crippen molar-refractivity contribution in [3.63, 3.8) is 0 Å². The summed E-state index contributed by atoms with van der Waals surface area (Å²) in [6.07, 6.45) is 27.6. The first kappa shape index (κ1) is 26.2. The lowest BCUT2D eigenvalue weighted by atomic mass is 9.66. The molecule has 0 aromatic carbocycles. The highest BCUT2D eigenvalue weighted by atomic mass is 16.5. The fourth-order valence-corrected chi connectivity index (χ4v) is 8.73. The van der Waals surface area contributed by atoms with Gasteiger partial charge in [0.2, 0.25) is 0 Å². The van der Waals surface area contributed by atoms with Crippen LogP contribution in [-0.2, 0) is 14.3 Å². The number of nitrogens with zero attached hydrogens (tertiary/aromatic N) is 1. The maximum Gasteiger partial charge on any atom is 0.120 e. The summed E-state index contributed by atoms with van der Waals surface area (Å²) in [5.74, 6) is 3.12. The van der Waals surface area contributed by atoms with Gasteiger partial charge in [-0.25, -0.2) is 0 Å². The van der Waals surface area contributed by atoms with E-state index in [0.29, 0.717) is 24.2 Å². The third-order valence-electron chi connectivity index (χ3n) is 10.7. The van der Waals surface area contributed by atoms with Crippen molar-refractivity contribution in [3.8, 4) is 0 Å². The predicted octanol–water partition coefficient (Wildman–Crippen LogP) is 6.94. The van der Waals surface area contributed by atoms with Gasteiger partial charge in [-0.2, -0.15) is 0 Å². The molecule has 200 valence electrons. The lowest BCUT2D eigenvalue weighted by Crippen LogP contribution is -2.40. The third-order valence-corrected chi connectivity index (χ3v) is 10.7. The molecule has 0 aromatic rings. The van der Waals surface area contributed by atoms with E-state index in [1.165, 1.54) is 115 Å². The minimum absolute atomic E-state index is 0.525. The molecule has 0 radical (unpaired) electrons. The van der Waals surface area contributed by atoms with E-state index in [9.17, 15) is 4.79 Å². The third kappa shape index (κ3) is 7.11. The van der Waals surface area contributed by atoms with Gasteiger partial charge < -0.3 is 14.3 Å². The SMILES string of the molecule is O=CCC1CN(CCCOC2CCCCC2)C2CCC(C3CCC(OC4CCCCC4)CC3)CC12. The zero-order valence-corrected chi connectivity index (χ0v) is 22.4. The Bertz CT molecular complexity index is 621. The van der Waals surface area contributed by atoms with Crippen molar-refractivity contribution in [1.82, 2.24) is 4.90 Å². The molecule has 4 unspecified atom stereocenters. The molecule has 4 atom stereocenters. The Morgan fingerprint density at radius 1 is 0.714 bits per heavy atom. The molecule has 1 aliphatic heterocycles. The molecule has 4 heteroatoms. The Kier molecular flexibility index (Phi) is 10.0. The molecule has 4 saturated carbocycles. The van der Waals surface area contributed by atoms with Crippen LogP contribution in [0.3, 0.4) is 0 Å². The fraction of sp³-hybridized carbons (Fsp3) is 0.968. The van der Waals surface area contributed by atoms with Crippen molar-refractivity contribution < 1.29 is 14.3 Å². The van der Waals surface area contributed by atoms with Crippen LogP contribution >= 0.6 is 0 Å². The van der Waals surface area contributed by atoms with Gasteiger partial charge in [-0.1, -0.05) is 38.5 Å². The van der Waals surface area contributed by atoms with Crippen molar-refractivity contribution in [1.29, 1.82) is 0 Å². The second-order valence-electron chi connectivity index (χ2n) is 12.9. The normalized spacial score (nSPS) is 37.8. The molecule has 0 amide bonds. The molecule has 0 aromatic heterocycles. The topological polar surface area (TPSA) is 38.8 Å². The molecule has 1 saturated heterocycles. The maximum absolute atomic E-state index is 11.5. The second kappa shape index (κ2) is 13.4. The quantitative estimate of drug-likeness (QED) is 0.247. The van der Waals surface area contributed by atoms with Gasteiger partial charge >= 0.3 is 0 Å². The zero-order chi connectivity index (χ0) is 23.9. The number of hydrogen-bond donors (Lipinski definition) is 0. The van der Waals surface area contributed by atoms with E-state index in [-0.39, 0.29) is 0 Å². The Balaban J connectivity index is 1.06. The molecule has 5 rings (SSSR count). The monoisotopic (exact) mass is 487 g/mol. The van der Waals surface area contributed by atoms with Crippen LogP contribution in [-0.4, -0.2) is 55.2 Å². The van der Waals surface area contributed by atoms with Crippen molar-refractivity contribution in [2.45, 2.75) is 146 Å². The highest BCUT2D eigenvalue weighted by Crippen LogP contribution is 2.48. The molecule has 0 bridgehead atoms. The van der Waals surface area contributed by atoms with E-state index >= 15 is 0 Å². The summed E-state index contributed by atoms with van der Waals surface area (Å²) >= 11 is 0. The average Bonchev–Trinajstić information content (AvgIpc) is 3.25. The lowest BCUT2D eigenvalue weighted by molar-refractivity contribution is -0.108. The highest BCUT2D eigenvalue weighted by Gasteiger charge is 2.46. The van der Waals surface area contributed by atoms with Crippen LogP contribution in [0.4, 0.5) is 0 Å². The summed E-state index contributed by atoms with van der Waals surface area (Å²) in [6.45, 7) is 3.23.